The van der Waals surface area contributed by atoms with Gasteiger partial charge in [0.25, 0.3) is 0 Å². The van der Waals surface area contributed by atoms with Crippen LogP contribution < -0.4 is 9.47 Å². The van der Waals surface area contributed by atoms with Gasteiger partial charge in [0, 0.05) is 30.1 Å². The van der Waals surface area contributed by atoms with Crippen LogP contribution in [0.15, 0.2) is 48.4 Å². The molecule has 6 nitrogen and oxygen atoms in total. The summed E-state index contributed by atoms with van der Waals surface area (Å²) in [5.41, 5.74) is 0.226. The largest absolute Gasteiger partial charge is 0.497 e. The van der Waals surface area contributed by atoms with E-state index in [0.29, 0.717) is 25.4 Å². The van der Waals surface area contributed by atoms with Crippen molar-refractivity contribution in [2.75, 3.05) is 33.4 Å². The van der Waals surface area contributed by atoms with Crippen LogP contribution >= 0.6 is 11.3 Å². The zero-order valence-corrected chi connectivity index (χ0v) is 20.2. The van der Waals surface area contributed by atoms with E-state index in [4.69, 9.17) is 9.47 Å². The molecule has 1 aromatic heterocycles. The van der Waals surface area contributed by atoms with Crippen LogP contribution in [0.25, 0.3) is 0 Å². The number of amides is 1. The second-order valence-electron chi connectivity index (χ2n) is 8.69. The summed E-state index contributed by atoms with van der Waals surface area (Å²) in [6, 6.07) is 9.24. The molecule has 1 N–H and O–H groups in total. The van der Waals surface area contributed by atoms with E-state index in [1.54, 1.807) is 38.4 Å². The van der Waals surface area contributed by atoms with Gasteiger partial charge in [0.05, 0.1) is 25.3 Å². The number of nitrogens with zero attached hydrogens (tertiary/aromatic N) is 2. The van der Waals surface area contributed by atoms with Gasteiger partial charge in [-0.2, -0.15) is 0 Å². The fourth-order valence-corrected chi connectivity index (χ4v) is 4.91. The Morgan fingerprint density at radius 2 is 2.16 bits per heavy atom. The monoisotopic (exact) mass is 458 g/mol. The minimum Gasteiger partial charge on any atom is -0.497 e. The van der Waals surface area contributed by atoms with Crippen LogP contribution in [-0.4, -0.2) is 65.8 Å². The number of rotatable bonds is 10. The van der Waals surface area contributed by atoms with E-state index in [0.717, 1.165) is 17.7 Å². The summed E-state index contributed by atoms with van der Waals surface area (Å²) in [7, 11) is 1.63. The molecule has 1 amide bonds. The summed E-state index contributed by atoms with van der Waals surface area (Å²) in [5, 5.41) is 12.6. The summed E-state index contributed by atoms with van der Waals surface area (Å²) in [6.45, 7) is 11.0. The van der Waals surface area contributed by atoms with Crippen molar-refractivity contribution in [1.29, 1.82) is 0 Å². The molecule has 0 spiro atoms. The van der Waals surface area contributed by atoms with E-state index >= 15 is 0 Å². The van der Waals surface area contributed by atoms with Gasteiger partial charge >= 0.3 is 0 Å². The molecule has 1 aromatic carbocycles. The molecule has 1 aliphatic heterocycles. The Kier molecular flexibility index (Phi) is 7.98. The second kappa shape index (κ2) is 10.5. The van der Waals surface area contributed by atoms with Gasteiger partial charge in [-0.1, -0.05) is 12.1 Å². The van der Waals surface area contributed by atoms with Gasteiger partial charge in [0.15, 0.2) is 0 Å². The fraction of sp³-hybridized carbons (Fsp3) is 0.480. The van der Waals surface area contributed by atoms with E-state index in [1.807, 2.05) is 41.0 Å². The minimum atomic E-state index is -0.930. The quantitative estimate of drug-likeness (QED) is 0.547. The van der Waals surface area contributed by atoms with Crippen LogP contribution in [0, 0.1) is 0 Å². The number of hydrogen-bond acceptors (Lipinski definition) is 6. The van der Waals surface area contributed by atoms with Gasteiger partial charge in [0.1, 0.15) is 18.1 Å². The topological polar surface area (TPSA) is 62.2 Å². The number of hydrogen-bond donors (Lipinski definition) is 1. The molecule has 2 aromatic rings. The highest BCUT2D eigenvalue weighted by molar-refractivity contribution is 7.10. The number of thiophene rings is 1. The average molecular weight is 459 g/mol. The lowest BCUT2D eigenvalue weighted by Crippen LogP contribution is -2.53. The summed E-state index contributed by atoms with van der Waals surface area (Å²) in [5.74, 6) is 1.47. The highest BCUT2D eigenvalue weighted by Crippen LogP contribution is 2.34. The molecule has 0 radical (unpaired) electrons. The third-order valence-electron chi connectivity index (χ3n) is 6.14. The predicted octanol–water partition coefficient (Wildman–Crippen LogP) is 3.91. The predicted molar refractivity (Wildman–Crippen MR) is 128 cm³/mol. The van der Waals surface area contributed by atoms with Crippen LogP contribution in [-0.2, 0) is 11.2 Å². The molecule has 1 aliphatic rings. The van der Waals surface area contributed by atoms with Gasteiger partial charge in [-0.15, -0.1) is 17.9 Å². The Hall–Kier alpha value is -2.35. The van der Waals surface area contributed by atoms with E-state index in [2.05, 4.69) is 18.0 Å². The highest BCUT2D eigenvalue weighted by atomic mass is 32.1. The lowest BCUT2D eigenvalue weighted by molar-refractivity contribution is -0.137. The first kappa shape index (κ1) is 24.3. The molecule has 0 saturated carbocycles. The lowest BCUT2D eigenvalue weighted by Gasteiger charge is -2.40. The molecular weight excluding hydrogens is 424 g/mol. The van der Waals surface area contributed by atoms with Crippen molar-refractivity contribution in [1.82, 2.24) is 9.80 Å². The van der Waals surface area contributed by atoms with Gasteiger partial charge in [-0.05, 0) is 56.3 Å². The standard InChI is InChI=1S/C25H34N2O4S/c1-6-12-26(18(2)25(3,4)29)16-24(28)27-13-10-23-21(11-14-32-23)22(27)17-31-20-9-7-8-19(15-20)30-5/h6-9,11,14-15,18,22,29H,1,10,12-13,16-17H2,2-5H3/t18-,22-/m1/s1. The Balaban J connectivity index is 1.78. The number of benzene rings is 1. The molecule has 2 atom stereocenters. The Morgan fingerprint density at radius 3 is 2.84 bits per heavy atom. The summed E-state index contributed by atoms with van der Waals surface area (Å²) in [4.78, 5) is 18.7. The van der Waals surface area contributed by atoms with Crippen molar-refractivity contribution >= 4 is 17.2 Å². The second-order valence-corrected chi connectivity index (χ2v) is 9.69. The van der Waals surface area contributed by atoms with Gasteiger partial charge in [0.2, 0.25) is 5.91 Å². The van der Waals surface area contributed by atoms with Gasteiger partial charge < -0.3 is 19.5 Å². The maximum atomic E-state index is 13.5. The Labute approximate surface area is 195 Å². The molecule has 32 heavy (non-hydrogen) atoms. The van der Waals surface area contributed by atoms with Crippen LogP contribution in [0.3, 0.4) is 0 Å². The first-order valence-electron chi connectivity index (χ1n) is 10.9. The Bertz CT molecular complexity index is 921. The van der Waals surface area contributed by atoms with E-state index < -0.39 is 5.60 Å². The van der Waals surface area contributed by atoms with Crippen molar-refractivity contribution in [3.63, 3.8) is 0 Å². The molecule has 0 fully saturated rings. The van der Waals surface area contributed by atoms with Crippen LogP contribution in [0.5, 0.6) is 11.5 Å². The number of carbonyl (C=O) groups is 1. The third-order valence-corrected chi connectivity index (χ3v) is 7.13. The molecular formula is C25H34N2O4S. The van der Waals surface area contributed by atoms with E-state index in [-0.39, 0.29) is 24.5 Å². The van der Waals surface area contributed by atoms with Crippen molar-refractivity contribution in [2.45, 2.75) is 44.9 Å². The number of carbonyl (C=O) groups excluding carboxylic acids is 1. The number of aliphatic hydroxyl groups is 1. The van der Waals surface area contributed by atoms with E-state index in [1.165, 1.54) is 4.88 Å². The van der Waals surface area contributed by atoms with Crippen molar-refractivity contribution in [3.05, 3.63) is 58.8 Å². The number of fused-ring (bicyclic) bond motifs is 1. The SMILES string of the molecule is C=CCN(CC(=O)N1CCc2sccc2[C@H]1COc1cccc(OC)c1)[C@H](C)C(C)(C)O. The van der Waals surface area contributed by atoms with Crippen LogP contribution in [0.2, 0.25) is 0 Å². The molecule has 0 unspecified atom stereocenters. The smallest absolute Gasteiger partial charge is 0.237 e. The van der Waals surface area contributed by atoms with Crippen molar-refractivity contribution in [2.24, 2.45) is 0 Å². The molecule has 174 valence electrons. The molecule has 0 aliphatic carbocycles. The molecule has 0 saturated heterocycles. The van der Waals surface area contributed by atoms with Gasteiger partial charge in [-0.3, -0.25) is 9.69 Å². The van der Waals surface area contributed by atoms with E-state index in [9.17, 15) is 9.90 Å². The van der Waals surface area contributed by atoms with Gasteiger partial charge in [-0.25, -0.2) is 0 Å². The molecule has 3 rings (SSSR count). The first-order valence-corrected chi connectivity index (χ1v) is 11.8. The number of ether oxygens (including phenoxy) is 2. The molecule has 7 heteroatoms. The third kappa shape index (κ3) is 5.71. The molecule has 0 bridgehead atoms. The average Bonchev–Trinajstić information content (AvgIpc) is 3.25. The minimum absolute atomic E-state index is 0.0269. The zero-order chi connectivity index (χ0) is 23.3. The maximum absolute atomic E-state index is 13.5. The van der Waals surface area contributed by atoms with Crippen molar-refractivity contribution < 1.29 is 19.4 Å². The zero-order valence-electron chi connectivity index (χ0n) is 19.4. The van der Waals surface area contributed by atoms with Crippen LogP contribution in [0.1, 0.15) is 37.3 Å². The summed E-state index contributed by atoms with van der Waals surface area (Å²) in [6.07, 6.45) is 2.61. The fourth-order valence-electron chi connectivity index (χ4n) is 3.98. The number of methoxy groups -OCH3 is 1. The molecule has 2 heterocycles. The normalized spacial score (nSPS) is 17.1. The summed E-state index contributed by atoms with van der Waals surface area (Å²) < 4.78 is 11.4. The Morgan fingerprint density at radius 1 is 1.41 bits per heavy atom. The maximum Gasteiger partial charge on any atom is 0.237 e. The highest BCUT2D eigenvalue weighted by Gasteiger charge is 2.35. The summed E-state index contributed by atoms with van der Waals surface area (Å²) >= 11 is 1.73. The first-order chi connectivity index (χ1) is 15.2. The van der Waals surface area contributed by atoms with Crippen molar-refractivity contribution in [3.8, 4) is 11.5 Å². The van der Waals surface area contributed by atoms with Crippen LogP contribution in [0.4, 0.5) is 0 Å². The lowest BCUT2D eigenvalue weighted by atomic mass is 9.98.